The summed E-state index contributed by atoms with van der Waals surface area (Å²) in [6.45, 7) is 0. The van der Waals surface area contributed by atoms with Gasteiger partial charge in [0.25, 0.3) is 10.1 Å². The van der Waals surface area contributed by atoms with E-state index in [1.165, 1.54) is 0 Å². The maximum absolute atomic E-state index is 10.3. The van der Waals surface area contributed by atoms with Crippen LogP contribution in [-0.4, -0.2) is 41.2 Å². The summed E-state index contributed by atoms with van der Waals surface area (Å²) in [7, 11) is -3.79. The van der Waals surface area contributed by atoms with Gasteiger partial charge in [0.15, 0.2) is 0 Å². The number of hydrogen-bond donors (Lipinski definition) is 3. The van der Waals surface area contributed by atoms with Crippen LogP contribution in [0.15, 0.2) is 0 Å². The van der Waals surface area contributed by atoms with E-state index in [0.29, 0.717) is 17.4 Å². The molecule has 0 saturated heterocycles. The monoisotopic (exact) mass is 262 g/mol. The molecule has 13 heavy (non-hydrogen) atoms. The van der Waals surface area contributed by atoms with Gasteiger partial charge in [-0.2, -0.15) is 45.4 Å². The second kappa shape index (κ2) is 7.28. The summed E-state index contributed by atoms with van der Waals surface area (Å²) in [4.78, 5) is 0. The molecule has 0 spiro atoms. The van der Waals surface area contributed by atoms with Gasteiger partial charge in [0.1, 0.15) is 0 Å². The molecule has 0 atom stereocenters. The molecule has 0 aromatic heterocycles. The fraction of sp³-hybridized carbons (Fsp3) is 1.00. The summed E-state index contributed by atoms with van der Waals surface area (Å²) in [5, 5.41) is 0.355. The van der Waals surface area contributed by atoms with Crippen LogP contribution in [0.25, 0.3) is 0 Å². The van der Waals surface area contributed by atoms with Crippen LogP contribution in [-0.2, 0) is 10.1 Å². The molecule has 0 aliphatic heterocycles. The molecule has 0 unspecified atom stereocenters. The minimum Gasteiger partial charge on any atom is -0.286 e. The third-order valence-corrected chi connectivity index (χ3v) is 4.82. The summed E-state index contributed by atoms with van der Waals surface area (Å²) in [5.41, 5.74) is 0. The van der Waals surface area contributed by atoms with E-state index < -0.39 is 10.1 Å². The van der Waals surface area contributed by atoms with Gasteiger partial charge in [-0.15, -0.1) is 0 Å². The minimum absolute atomic E-state index is 0.161. The van der Waals surface area contributed by atoms with E-state index in [4.69, 9.17) is 4.55 Å². The molecule has 0 rings (SSSR count). The molecule has 7 heteroatoms. The van der Waals surface area contributed by atoms with Crippen molar-refractivity contribution in [3.8, 4) is 0 Å². The van der Waals surface area contributed by atoms with Crippen LogP contribution in [0.3, 0.4) is 0 Å². The van der Waals surface area contributed by atoms with Gasteiger partial charge in [-0.1, -0.05) is 0 Å². The fourth-order valence-corrected chi connectivity index (χ4v) is 3.30. The number of hydrogen-bond acceptors (Lipinski definition) is 5. The first-order chi connectivity index (χ1) is 5.99. The summed E-state index contributed by atoms with van der Waals surface area (Å²) in [6.07, 6.45) is 0.474. The van der Waals surface area contributed by atoms with E-state index in [1.54, 1.807) is 11.8 Å². The highest BCUT2D eigenvalue weighted by atomic mass is 32.2. The normalized spacial score (nSPS) is 12.3. The SMILES string of the molecule is O=S(=O)(O)CCCSC(CS)CS. The number of rotatable bonds is 7. The van der Waals surface area contributed by atoms with Crippen LogP contribution in [0.4, 0.5) is 0 Å². The van der Waals surface area contributed by atoms with Crippen molar-refractivity contribution in [3.05, 3.63) is 0 Å². The summed E-state index contributed by atoms with van der Waals surface area (Å²) in [6, 6.07) is 0. The highest BCUT2D eigenvalue weighted by molar-refractivity contribution is 8.01. The van der Waals surface area contributed by atoms with E-state index in [2.05, 4.69) is 25.3 Å². The second-order valence-corrected chi connectivity index (χ2v) is 6.21. The molecule has 0 fully saturated rings. The standard InChI is InChI=1S/C6H14O3S4/c7-13(8,9)3-1-2-12-6(4-10)5-11/h6,10-11H,1-5H2,(H,7,8,9). The lowest BCUT2D eigenvalue weighted by Gasteiger charge is -2.09. The lowest BCUT2D eigenvalue weighted by Crippen LogP contribution is -2.10. The molecule has 0 heterocycles. The predicted molar refractivity (Wildman–Crippen MR) is 65.0 cm³/mol. The smallest absolute Gasteiger partial charge is 0.264 e. The van der Waals surface area contributed by atoms with E-state index in [0.717, 1.165) is 11.5 Å². The molecule has 3 nitrogen and oxygen atoms in total. The maximum Gasteiger partial charge on any atom is 0.264 e. The molecule has 0 bridgehead atoms. The highest BCUT2D eigenvalue weighted by Crippen LogP contribution is 2.15. The Balaban J connectivity index is 3.45. The average molecular weight is 262 g/mol. The third-order valence-electron chi connectivity index (χ3n) is 1.31. The van der Waals surface area contributed by atoms with Crippen molar-refractivity contribution in [3.63, 3.8) is 0 Å². The largest absolute Gasteiger partial charge is 0.286 e. The topological polar surface area (TPSA) is 54.4 Å². The fourth-order valence-electron chi connectivity index (χ4n) is 0.654. The summed E-state index contributed by atoms with van der Waals surface area (Å²) in [5.74, 6) is 2.03. The zero-order valence-corrected chi connectivity index (χ0v) is 10.5. The Hall–Kier alpha value is 0.960. The van der Waals surface area contributed by atoms with Crippen molar-refractivity contribution in [1.29, 1.82) is 0 Å². The van der Waals surface area contributed by atoms with Gasteiger partial charge in [0, 0.05) is 16.8 Å². The lowest BCUT2D eigenvalue weighted by molar-refractivity contribution is 0.482. The predicted octanol–water partition coefficient (Wildman–Crippen LogP) is 1.23. The average Bonchev–Trinajstić information content (AvgIpc) is 2.03. The van der Waals surface area contributed by atoms with Gasteiger partial charge in [-0.3, -0.25) is 4.55 Å². The van der Waals surface area contributed by atoms with Crippen molar-refractivity contribution in [2.45, 2.75) is 11.7 Å². The lowest BCUT2D eigenvalue weighted by atomic mass is 10.5. The zero-order chi connectivity index (χ0) is 10.3. The van der Waals surface area contributed by atoms with Gasteiger partial charge < -0.3 is 0 Å². The zero-order valence-electron chi connectivity index (χ0n) is 7.09. The molecule has 80 valence electrons. The van der Waals surface area contributed by atoms with E-state index in [-0.39, 0.29) is 5.75 Å². The first-order valence-electron chi connectivity index (χ1n) is 3.78. The number of thiol groups is 2. The molecular weight excluding hydrogens is 248 g/mol. The molecule has 0 aromatic carbocycles. The van der Waals surface area contributed by atoms with Gasteiger partial charge >= 0.3 is 0 Å². The van der Waals surface area contributed by atoms with Crippen LogP contribution in [0.2, 0.25) is 0 Å². The first kappa shape index (κ1) is 14.0. The van der Waals surface area contributed by atoms with Gasteiger partial charge in [-0.05, 0) is 12.2 Å². The Labute approximate surface area is 94.6 Å². The Bertz CT molecular complexity index is 210. The van der Waals surface area contributed by atoms with Crippen LogP contribution < -0.4 is 0 Å². The van der Waals surface area contributed by atoms with E-state index in [1.807, 2.05) is 0 Å². The third kappa shape index (κ3) is 9.27. The molecular formula is C6H14O3S4. The van der Waals surface area contributed by atoms with Crippen molar-refractivity contribution in [2.75, 3.05) is 23.0 Å². The maximum atomic E-state index is 10.3. The number of thioether (sulfide) groups is 1. The van der Waals surface area contributed by atoms with Gasteiger partial charge in [-0.25, -0.2) is 0 Å². The Morgan fingerprint density at radius 1 is 1.31 bits per heavy atom. The highest BCUT2D eigenvalue weighted by Gasteiger charge is 2.07. The van der Waals surface area contributed by atoms with Gasteiger partial charge in [0.05, 0.1) is 5.75 Å². The Kier molecular flexibility index (Phi) is 7.82. The molecule has 0 amide bonds. The van der Waals surface area contributed by atoms with Crippen molar-refractivity contribution in [1.82, 2.24) is 0 Å². The molecule has 0 aromatic rings. The molecule has 0 aliphatic rings. The van der Waals surface area contributed by atoms with Crippen LogP contribution in [0, 0.1) is 0 Å². The van der Waals surface area contributed by atoms with Crippen LogP contribution >= 0.6 is 37.0 Å². The summed E-state index contributed by atoms with van der Waals surface area (Å²) >= 11 is 9.87. The molecule has 1 N–H and O–H groups in total. The van der Waals surface area contributed by atoms with E-state index in [9.17, 15) is 8.42 Å². The van der Waals surface area contributed by atoms with Crippen molar-refractivity contribution in [2.24, 2.45) is 0 Å². The molecule has 0 radical (unpaired) electrons. The molecule has 0 saturated carbocycles. The quantitative estimate of drug-likeness (QED) is 0.367. The van der Waals surface area contributed by atoms with Crippen LogP contribution in [0.1, 0.15) is 6.42 Å². The first-order valence-corrected chi connectivity index (χ1v) is 7.70. The van der Waals surface area contributed by atoms with Gasteiger partial charge in [0.2, 0.25) is 0 Å². The summed E-state index contributed by atoms with van der Waals surface area (Å²) < 4.78 is 29.1. The Morgan fingerprint density at radius 3 is 2.23 bits per heavy atom. The van der Waals surface area contributed by atoms with E-state index >= 15 is 0 Å². The molecule has 0 aliphatic carbocycles. The van der Waals surface area contributed by atoms with Crippen molar-refractivity contribution < 1.29 is 13.0 Å². The van der Waals surface area contributed by atoms with Crippen LogP contribution in [0.5, 0.6) is 0 Å². The Morgan fingerprint density at radius 2 is 1.85 bits per heavy atom. The second-order valence-electron chi connectivity index (χ2n) is 2.50. The van der Waals surface area contributed by atoms with Crippen molar-refractivity contribution >= 4 is 47.1 Å². The minimum atomic E-state index is -3.79.